The van der Waals surface area contributed by atoms with Gasteiger partial charge in [0.2, 0.25) is 5.88 Å². The van der Waals surface area contributed by atoms with E-state index in [9.17, 15) is 8.42 Å². The zero-order chi connectivity index (χ0) is 14.0. The van der Waals surface area contributed by atoms with Gasteiger partial charge in [-0.2, -0.15) is 22.0 Å². The van der Waals surface area contributed by atoms with Crippen LogP contribution >= 0.6 is 0 Å². The van der Waals surface area contributed by atoms with E-state index in [1.54, 1.807) is 19.2 Å². The van der Waals surface area contributed by atoms with Crippen molar-refractivity contribution in [3.8, 4) is 5.88 Å². The number of nitrogens with zero attached hydrogens (tertiary/aromatic N) is 4. The second-order valence-corrected chi connectivity index (χ2v) is 6.76. The quantitative estimate of drug-likeness (QED) is 0.781. The first-order chi connectivity index (χ1) is 8.89. The van der Waals surface area contributed by atoms with Crippen molar-refractivity contribution >= 4 is 10.2 Å². The Kier molecular flexibility index (Phi) is 4.02. The van der Waals surface area contributed by atoms with Crippen molar-refractivity contribution in [3.05, 3.63) is 18.1 Å². The van der Waals surface area contributed by atoms with Gasteiger partial charge in [0, 0.05) is 32.9 Å². The first kappa shape index (κ1) is 14.2. The van der Waals surface area contributed by atoms with Crippen molar-refractivity contribution < 1.29 is 13.2 Å². The Hall–Kier alpha value is -1.25. The molecule has 1 aliphatic heterocycles. The summed E-state index contributed by atoms with van der Waals surface area (Å²) in [6.07, 6.45) is 2.13. The molecule has 0 amide bonds. The maximum absolute atomic E-state index is 12.0. The Morgan fingerprint density at radius 2 is 2.21 bits per heavy atom. The summed E-state index contributed by atoms with van der Waals surface area (Å²) in [6, 6.07) is 1.68. The van der Waals surface area contributed by atoms with E-state index in [1.807, 2.05) is 0 Å². The fourth-order valence-electron chi connectivity index (χ4n) is 1.91. The third-order valence-electron chi connectivity index (χ3n) is 2.93. The molecule has 1 aliphatic rings. The molecular formula is C11H18N4O3S. The molecule has 8 heteroatoms. The van der Waals surface area contributed by atoms with Gasteiger partial charge in [0.05, 0.1) is 6.54 Å². The predicted octanol–water partition coefficient (Wildman–Crippen LogP) is 0.0445. The normalized spacial score (nSPS) is 20.9. The smallest absolute Gasteiger partial charge is 0.281 e. The highest BCUT2D eigenvalue weighted by Gasteiger charge is 2.33. The van der Waals surface area contributed by atoms with E-state index in [0.717, 1.165) is 0 Å². The lowest BCUT2D eigenvalue weighted by Gasteiger charge is -2.20. The summed E-state index contributed by atoms with van der Waals surface area (Å²) >= 11 is 0. The number of aryl methyl sites for hydroxylation is 1. The lowest BCUT2D eigenvalue weighted by molar-refractivity contribution is 0.205. The summed E-state index contributed by atoms with van der Waals surface area (Å²) in [5.41, 5.74) is 0. The molecule has 1 atom stereocenters. The molecule has 0 bridgehead atoms. The first-order valence-electron chi connectivity index (χ1n) is 6.03. The molecule has 1 aromatic heterocycles. The van der Waals surface area contributed by atoms with E-state index in [4.69, 9.17) is 4.74 Å². The van der Waals surface area contributed by atoms with Crippen LogP contribution in [0.4, 0.5) is 0 Å². The largest absolute Gasteiger partial charge is 0.473 e. The number of ether oxygens (including phenoxy) is 1. The molecule has 2 rings (SSSR count). The van der Waals surface area contributed by atoms with Crippen molar-refractivity contribution in [2.45, 2.75) is 19.4 Å². The van der Waals surface area contributed by atoms with Crippen molar-refractivity contribution in [1.29, 1.82) is 0 Å². The van der Waals surface area contributed by atoms with E-state index in [1.165, 1.54) is 22.7 Å². The molecule has 0 radical (unpaired) electrons. The van der Waals surface area contributed by atoms with Crippen molar-refractivity contribution in [1.82, 2.24) is 18.6 Å². The van der Waals surface area contributed by atoms with Crippen LogP contribution < -0.4 is 4.74 Å². The summed E-state index contributed by atoms with van der Waals surface area (Å²) in [5.74, 6) is 1.12. The van der Waals surface area contributed by atoms with Gasteiger partial charge in [-0.15, -0.1) is 0 Å². The average Bonchev–Trinajstić information content (AvgIpc) is 2.78. The van der Waals surface area contributed by atoms with Crippen LogP contribution in [0.25, 0.3) is 0 Å². The Labute approximate surface area is 113 Å². The van der Waals surface area contributed by atoms with Gasteiger partial charge in [-0.25, -0.2) is 4.98 Å². The second-order valence-electron chi connectivity index (χ2n) is 4.62. The molecule has 1 saturated heterocycles. The molecule has 0 aliphatic carbocycles. The van der Waals surface area contributed by atoms with E-state index < -0.39 is 10.2 Å². The maximum atomic E-state index is 12.0. The van der Waals surface area contributed by atoms with Gasteiger partial charge in [0.15, 0.2) is 0 Å². The van der Waals surface area contributed by atoms with Crippen molar-refractivity contribution in [2.24, 2.45) is 0 Å². The van der Waals surface area contributed by atoms with Gasteiger partial charge in [-0.3, -0.25) is 0 Å². The number of hydrogen-bond donors (Lipinski definition) is 0. The topological polar surface area (TPSA) is 75.6 Å². The van der Waals surface area contributed by atoms with Gasteiger partial charge < -0.3 is 4.74 Å². The second kappa shape index (κ2) is 5.40. The Morgan fingerprint density at radius 3 is 2.84 bits per heavy atom. The number of rotatable bonds is 4. The minimum atomic E-state index is -3.36. The van der Waals surface area contributed by atoms with Gasteiger partial charge in [0.25, 0.3) is 10.2 Å². The SMILES string of the molecule is Cc1nccc(OC2CCN(S(=O)(=O)N(C)C)C2)n1. The van der Waals surface area contributed by atoms with E-state index >= 15 is 0 Å². The fraction of sp³-hybridized carbons (Fsp3) is 0.636. The molecular weight excluding hydrogens is 268 g/mol. The molecule has 1 aromatic rings. The van der Waals surface area contributed by atoms with E-state index in [2.05, 4.69) is 9.97 Å². The van der Waals surface area contributed by atoms with Crippen LogP contribution in [0.2, 0.25) is 0 Å². The van der Waals surface area contributed by atoms with Crippen molar-refractivity contribution in [2.75, 3.05) is 27.2 Å². The Morgan fingerprint density at radius 1 is 1.47 bits per heavy atom. The third-order valence-corrected chi connectivity index (χ3v) is 4.84. The molecule has 0 saturated carbocycles. The first-order valence-corrected chi connectivity index (χ1v) is 7.43. The molecule has 0 spiro atoms. The molecule has 0 N–H and O–H groups in total. The maximum Gasteiger partial charge on any atom is 0.281 e. The molecule has 7 nitrogen and oxygen atoms in total. The van der Waals surface area contributed by atoms with Crippen LogP contribution in [0.1, 0.15) is 12.2 Å². The van der Waals surface area contributed by atoms with Crippen molar-refractivity contribution in [3.63, 3.8) is 0 Å². The van der Waals surface area contributed by atoms with Crippen LogP contribution in [-0.2, 0) is 10.2 Å². The summed E-state index contributed by atoms with van der Waals surface area (Å²) in [5, 5.41) is 0. The molecule has 1 unspecified atom stereocenters. The average molecular weight is 286 g/mol. The Bertz CT molecular complexity index is 547. The molecule has 1 fully saturated rings. The molecule has 106 valence electrons. The summed E-state index contributed by atoms with van der Waals surface area (Å²) in [6.45, 7) is 2.60. The fourth-order valence-corrected chi connectivity index (χ4v) is 3.06. The molecule has 19 heavy (non-hydrogen) atoms. The van der Waals surface area contributed by atoms with Gasteiger partial charge in [-0.05, 0) is 13.3 Å². The van der Waals surface area contributed by atoms with Gasteiger partial charge in [0.1, 0.15) is 11.9 Å². The number of aromatic nitrogens is 2. The van der Waals surface area contributed by atoms with Crippen LogP contribution in [-0.4, -0.2) is 60.3 Å². The Balaban J connectivity index is 2.00. The van der Waals surface area contributed by atoms with Crippen LogP contribution in [0.15, 0.2) is 12.3 Å². The monoisotopic (exact) mass is 286 g/mol. The molecule has 0 aromatic carbocycles. The van der Waals surface area contributed by atoms with Crippen LogP contribution in [0.3, 0.4) is 0 Å². The highest BCUT2D eigenvalue weighted by Crippen LogP contribution is 2.19. The lowest BCUT2D eigenvalue weighted by atomic mass is 10.3. The van der Waals surface area contributed by atoms with Gasteiger partial charge in [-0.1, -0.05) is 0 Å². The van der Waals surface area contributed by atoms with Crippen LogP contribution in [0, 0.1) is 6.92 Å². The molecule has 2 heterocycles. The number of hydrogen-bond acceptors (Lipinski definition) is 5. The summed E-state index contributed by atoms with van der Waals surface area (Å²) < 4.78 is 32.2. The predicted molar refractivity (Wildman–Crippen MR) is 70.0 cm³/mol. The highest BCUT2D eigenvalue weighted by molar-refractivity contribution is 7.86. The zero-order valence-corrected chi connectivity index (χ0v) is 12.1. The minimum absolute atomic E-state index is 0.163. The van der Waals surface area contributed by atoms with E-state index in [-0.39, 0.29) is 6.10 Å². The lowest BCUT2D eigenvalue weighted by Crippen LogP contribution is -2.39. The zero-order valence-electron chi connectivity index (χ0n) is 11.3. The van der Waals surface area contributed by atoms with Crippen LogP contribution in [0.5, 0.6) is 5.88 Å². The van der Waals surface area contributed by atoms with Gasteiger partial charge >= 0.3 is 0 Å². The summed E-state index contributed by atoms with van der Waals surface area (Å²) in [4.78, 5) is 8.13. The summed E-state index contributed by atoms with van der Waals surface area (Å²) in [7, 11) is -0.306. The highest BCUT2D eigenvalue weighted by atomic mass is 32.2. The minimum Gasteiger partial charge on any atom is -0.473 e. The van der Waals surface area contributed by atoms with E-state index in [0.29, 0.717) is 31.2 Å². The third kappa shape index (κ3) is 3.20. The standard InChI is InChI=1S/C11H18N4O3S/c1-9-12-6-4-11(13-9)18-10-5-7-15(8-10)19(16,17)14(2)3/h4,6,10H,5,7-8H2,1-3H3.